The summed E-state index contributed by atoms with van der Waals surface area (Å²) in [5, 5.41) is 8.02. The molecular formula is C20H16ClN5O. The quantitative estimate of drug-likeness (QED) is 0.499. The van der Waals surface area contributed by atoms with Crippen LogP contribution in [0.4, 0.5) is 23.1 Å². The molecule has 0 atom stereocenters. The van der Waals surface area contributed by atoms with Crippen molar-refractivity contribution in [2.45, 2.75) is 0 Å². The number of halogens is 1. The van der Waals surface area contributed by atoms with Gasteiger partial charge >= 0.3 is 0 Å². The molecule has 0 amide bonds. The van der Waals surface area contributed by atoms with E-state index in [2.05, 4.69) is 25.6 Å². The zero-order valence-electron chi connectivity index (χ0n) is 14.5. The number of hydrogen-bond acceptors (Lipinski definition) is 6. The smallest absolute Gasteiger partial charge is 0.229 e. The number of methoxy groups -OCH3 is 1. The molecule has 0 bridgehead atoms. The number of fused-ring (bicyclic) bond motifs is 1. The van der Waals surface area contributed by atoms with E-state index in [-0.39, 0.29) is 0 Å². The SMILES string of the molecule is COc1ccc(Nc2nccc(Nc3cccc4cccnc34)n2)cc1Cl. The van der Waals surface area contributed by atoms with Crippen molar-refractivity contribution in [2.75, 3.05) is 17.7 Å². The van der Waals surface area contributed by atoms with Gasteiger partial charge in [-0.2, -0.15) is 4.98 Å². The average molecular weight is 378 g/mol. The van der Waals surface area contributed by atoms with Crippen LogP contribution in [0.5, 0.6) is 5.75 Å². The van der Waals surface area contributed by atoms with Gasteiger partial charge < -0.3 is 15.4 Å². The summed E-state index contributed by atoms with van der Waals surface area (Å²) in [6.45, 7) is 0. The third kappa shape index (κ3) is 3.75. The van der Waals surface area contributed by atoms with Crippen LogP contribution >= 0.6 is 11.6 Å². The summed E-state index contributed by atoms with van der Waals surface area (Å²) in [6, 6.07) is 17.1. The Labute approximate surface area is 161 Å². The van der Waals surface area contributed by atoms with Crippen molar-refractivity contribution in [1.82, 2.24) is 15.0 Å². The molecule has 2 aromatic carbocycles. The van der Waals surface area contributed by atoms with Crippen molar-refractivity contribution >= 4 is 45.6 Å². The number of para-hydroxylation sites is 1. The second-order valence-electron chi connectivity index (χ2n) is 5.75. The van der Waals surface area contributed by atoms with Crippen LogP contribution < -0.4 is 15.4 Å². The highest BCUT2D eigenvalue weighted by Crippen LogP contribution is 2.29. The topological polar surface area (TPSA) is 72.0 Å². The number of benzene rings is 2. The number of aromatic nitrogens is 3. The molecule has 27 heavy (non-hydrogen) atoms. The van der Waals surface area contributed by atoms with Crippen LogP contribution in [0, 0.1) is 0 Å². The van der Waals surface area contributed by atoms with Gasteiger partial charge in [0, 0.05) is 23.5 Å². The molecule has 134 valence electrons. The van der Waals surface area contributed by atoms with Gasteiger partial charge in [-0.25, -0.2) is 4.98 Å². The normalized spacial score (nSPS) is 10.6. The first-order valence-corrected chi connectivity index (χ1v) is 8.65. The molecule has 0 aliphatic heterocycles. The van der Waals surface area contributed by atoms with Crippen LogP contribution in [-0.2, 0) is 0 Å². The van der Waals surface area contributed by atoms with E-state index in [1.165, 1.54) is 0 Å². The highest BCUT2D eigenvalue weighted by Gasteiger charge is 2.06. The molecule has 0 aliphatic rings. The molecule has 4 aromatic rings. The predicted octanol–water partition coefficient (Wildman–Crippen LogP) is 5.17. The van der Waals surface area contributed by atoms with Crippen molar-refractivity contribution in [1.29, 1.82) is 0 Å². The van der Waals surface area contributed by atoms with Gasteiger partial charge in [0.25, 0.3) is 0 Å². The van der Waals surface area contributed by atoms with E-state index in [1.807, 2.05) is 36.4 Å². The van der Waals surface area contributed by atoms with Gasteiger partial charge in [-0.1, -0.05) is 29.8 Å². The fourth-order valence-electron chi connectivity index (χ4n) is 2.70. The lowest BCUT2D eigenvalue weighted by molar-refractivity contribution is 0.415. The Bertz CT molecular complexity index is 1100. The minimum atomic E-state index is 0.453. The second-order valence-corrected chi connectivity index (χ2v) is 6.15. The summed E-state index contributed by atoms with van der Waals surface area (Å²) in [5.41, 5.74) is 2.53. The molecule has 0 radical (unpaired) electrons. The molecule has 4 rings (SSSR count). The number of nitrogens with one attached hydrogen (secondary N) is 2. The first kappa shape index (κ1) is 17.1. The molecular weight excluding hydrogens is 362 g/mol. The first-order valence-electron chi connectivity index (χ1n) is 8.27. The Hall–Kier alpha value is -3.38. The Morgan fingerprint density at radius 3 is 2.67 bits per heavy atom. The number of hydrogen-bond donors (Lipinski definition) is 2. The molecule has 0 saturated heterocycles. The fraction of sp³-hybridized carbons (Fsp3) is 0.0500. The molecule has 0 unspecified atom stereocenters. The van der Waals surface area contributed by atoms with E-state index in [0.717, 1.165) is 22.3 Å². The highest BCUT2D eigenvalue weighted by atomic mass is 35.5. The summed E-state index contributed by atoms with van der Waals surface area (Å²) in [5.74, 6) is 1.72. The van der Waals surface area contributed by atoms with E-state index in [0.29, 0.717) is 22.5 Å². The third-order valence-corrected chi connectivity index (χ3v) is 4.25. The van der Waals surface area contributed by atoms with Crippen LogP contribution in [0.2, 0.25) is 5.02 Å². The lowest BCUT2D eigenvalue weighted by atomic mass is 10.2. The Morgan fingerprint density at radius 1 is 0.926 bits per heavy atom. The summed E-state index contributed by atoms with van der Waals surface area (Å²) in [6.07, 6.45) is 3.45. The zero-order chi connectivity index (χ0) is 18.6. The molecule has 2 aromatic heterocycles. The summed E-state index contributed by atoms with van der Waals surface area (Å²) in [4.78, 5) is 13.2. The van der Waals surface area contributed by atoms with Gasteiger partial charge in [-0.3, -0.25) is 4.98 Å². The summed E-state index contributed by atoms with van der Waals surface area (Å²) in [7, 11) is 1.58. The maximum absolute atomic E-state index is 6.16. The largest absolute Gasteiger partial charge is 0.495 e. The van der Waals surface area contributed by atoms with Crippen LogP contribution in [0.15, 0.2) is 67.0 Å². The first-order chi connectivity index (χ1) is 13.2. The van der Waals surface area contributed by atoms with Crippen molar-refractivity contribution < 1.29 is 4.74 Å². The maximum Gasteiger partial charge on any atom is 0.229 e. The predicted molar refractivity (Wildman–Crippen MR) is 108 cm³/mol. The molecule has 0 spiro atoms. The van der Waals surface area contributed by atoms with Gasteiger partial charge in [0.05, 0.1) is 23.3 Å². The Morgan fingerprint density at radius 2 is 1.81 bits per heavy atom. The number of rotatable bonds is 5. The maximum atomic E-state index is 6.16. The van der Waals surface area contributed by atoms with Crippen molar-refractivity contribution in [3.63, 3.8) is 0 Å². The fourth-order valence-corrected chi connectivity index (χ4v) is 2.96. The van der Waals surface area contributed by atoms with Gasteiger partial charge in [-0.15, -0.1) is 0 Å². The number of pyridine rings is 1. The minimum Gasteiger partial charge on any atom is -0.495 e. The minimum absolute atomic E-state index is 0.453. The molecule has 7 heteroatoms. The van der Waals surface area contributed by atoms with Crippen molar-refractivity contribution in [3.8, 4) is 5.75 Å². The number of anilines is 4. The zero-order valence-corrected chi connectivity index (χ0v) is 15.2. The van der Waals surface area contributed by atoms with E-state index in [4.69, 9.17) is 16.3 Å². The third-order valence-electron chi connectivity index (χ3n) is 3.96. The Balaban J connectivity index is 1.58. The highest BCUT2D eigenvalue weighted by molar-refractivity contribution is 6.32. The van der Waals surface area contributed by atoms with Gasteiger partial charge in [0.2, 0.25) is 5.95 Å². The lowest BCUT2D eigenvalue weighted by Crippen LogP contribution is -2.01. The van der Waals surface area contributed by atoms with Gasteiger partial charge in [0.1, 0.15) is 11.6 Å². The van der Waals surface area contributed by atoms with Gasteiger partial charge in [-0.05, 0) is 36.4 Å². The van der Waals surface area contributed by atoms with E-state index < -0.39 is 0 Å². The monoisotopic (exact) mass is 377 g/mol. The number of nitrogens with zero attached hydrogens (tertiary/aromatic N) is 3. The average Bonchev–Trinajstić information content (AvgIpc) is 2.69. The van der Waals surface area contributed by atoms with Crippen molar-refractivity contribution in [2.24, 2.45) is 0 Å². The molecule has 6 nitrogen and oxygen atoms in total. The molecule has 0 saturated carbocycles. The molecule has 0 fully saturated rings. The summed E-state index contributed by atoms with van der Waals surface area (Å²) >= 11 is 6.16. The van der Waals surface area contributed by atoms with Crippen molar-refractivity contribution in [3.05, 3.63) is 72.0 Å². The van der Waals surface area contributed by atoms with Gasteiger partial charge in [0.15, 0.2) is 0 Å². The van der Waals surface area contributed by atoms with Crippen LogP contribution in [0.1, 0.15) is 0 Å². The standard InChI is InChI=1S/C20H16ClN5O/c1-27-17-8-7-14(12-15(17)21)24-20-23-11-9-18(26-20)25-16-6-2-4-13-5-3-10-22-19(13)16/h2-12H,1H3,(H2,23,24,25,26). The van der Waals surface area contributed by atoms with E-state index in [9.17, 15) is 0 Å². The Kier molecular flexibility index (Phi) is 4.72. The molecule has 0 aliphatic carbocycles. The lowest BCUT2D eigenvalue weighted by Gasteiger charge is -2.11. The molecule has 2 heterocycles. The van der Waals surface area contributed by atoms with Crippen LogP contribution in [0.25, 0.3) is 10.9 Å². The molecule has 2 N–H and O–H groups in total. The summed E-state index contributed by atoms with van der Waals surface area (Å²) < 4.78 is 5.16. The van der Waals surface area contributed by atoms with Crippen LogP contribution in [-0.4, -0.2) is 22.1 Å². The van der Waals surface area contributed by atoms with E-state index >= 15 is 0 Å². The number of ether oxygens (including phenoxy) is 1. The second kappa shape index (κ2) is 7.47. The van der Waals surface area contributed by atoms with E-state index in [1.54, 1.807) is 37.7 Å². The van der Waals surface area contributed by atoms with Crippen LogP contribution in [0.3, 0.4) is 0 Å².